The Morgan fingerprint density at radius 3 is 3.00 bits per heavy atom. The van der Waals surface area contributed by atoms with Gasteiger partial charge in [-0.1, -0.05) is 17.2 Å². The zero-order chi connectivity index (χ0) is 14.4. The number of hydrogen-bond donors (Lipinski definition) is 1. The molecule has 1 aliphatic heterocycles. The Hall–Kier alpha value is -3.23. The highest BCUT2D eigenvalue weighted by Crippen LogP contribution is 2.29. The van der Waals surface area contributed by atoms with Gasteiger partial charge in [0.1, 0.15) is 18.1 Å². The Labute approximate surface area is 118 Å². The lowest BCUT2D eigenvalue weighted by molar-refractivity contribution is 0.0941. The van der Waals surface area contributed by atoms with E-state index in [-0.39, 0.29) is 18.2 Å². The lowest BCUT2D eigenvalue weighted by Crippen LogP contribution is -2.17. The molecule has 0 amide bonds. The molecular weight excluding hydrogens is 274 g/mol. The highest BCUT2D eigenvalue weighted by atomic mass is 16.5. The number of rotatable bonds is 1. The second-order valence-corrected chi connectivity index (χ2v) is 4.42. The van der Waals surface area contributed by atoms with Gasteiger partial charge in [0.15, 0.2) is 5.82 Å². The van der Waals surface area contributed by atoms with E-state index >= 15 is 0 Å². The van der Waals surface area contributed by atoms with Gasteiger partial charge in [0, 0.05) is 6.20 Å². The fraction of sp³-hybridized carbons (Fsp3) is 0.0833. The zero-order valence-electron chi connectivity index (χ0n) is 10.7. The van der Waals surface area contributed by atoms with Crippen molar-refractivity contribution in [1.29, 1.82) is 0 Å². The third kappa shape index (κ3) is 1.67. The molecule has 4 rings (SSSR count). The quantitative estimate of drug-likeness (QED) is 0.626. The Balaban J connectivity index is 1.80. The predicted octanol–water partition coefficient (Wildman–Crippen LogP) is 0.0219. The summed E-state index contributed by atoms with van der Waals surface area (Å²) in [5, 5.41) is 10.4. The molecule has 0 fully saturated rings. The molecule has 0 saturated carbocycles. The molecule has 9 heteroatoms. The highest BCUT2D eigenvalue weighted by Gasteiger charge is 2.23. The van der Waals surface area contributed by atoms with Crippen LogP contribution in [0.2, 0.25) is 0 Å². The minimum atomic E-state index is -0.489. The number of benzene rings is 1. The standard InChI is InChI=1S/C12H9N7O2/c13-12-15-16-17-19(12)11(20)7-5-18-8-3-1-2-4-9(8)21-6-10(18)14-7/h1-5H,6H2,(H2,13,15,17). The molecule has 104 valence electrons. The van der Waals surface area contributed by atoms with E-state index in [2.05, 4.69) is 20.5 Å². The number of carbonyl (C=O) groups is 1. The maximum atomic E-state index is 12.3. The highest BCUT2D eigenvalue weighted by molar-refractivity contribution is 5.94. The van der Waals surface area contributed by atoms with E-state index in [1.807, 2.05) is 28.8 Å². The van der Waals surface area contributed by atoms with Crippen molar-refractivity contribution in [1.82, 2.24) is 29.8 Å². The molecule has 0 bridgehead atoms. The third-order valence-corrected chi connectivity index (χ3v) is 3.17. The van der Waals surface area contributed by atoms with Crippen LogP contribution < -0.4 is 10.5 Å². The molecule has 3 heterocycles. The average Bonchev–Trinajstić information content (AvgIpc) is 3.12. The molecule has 0 radical (unpaired) electrons. The third-order valence-electron chi connectivity index (χ3n) is 3.17. The molecule has 2 aromatic heterocycles. The lowest BCUT2D eigenvalue weighted by atomic mass is 10.2. The van der Waals surface area contributed by atoms with E-state index in [0.717, 1.165) is 16.1 Å². The van der Waals surface area contributed by atoms with Crippen molar-refractivity contribution in [3.05, 3.63) is 42.0 Å². The van der Waals surface area contributed by atoms with Crippen LogP contribution >= 0.6 is 0 Å². The van der Waals surface area contributed by atoms with Crippen molar-refractivity contribution >= 4 is 11.9 Å². The first-order valence-corrected chi connectivity index (χ1v) is 6.13. The molecule has 0 saturated heterocycles. The average molecular weight is 283 g/mol. The Bertz CT molecular complexity index is 851. The maximum absolute atomic E-state index is 12.3. The Kier molecular flexibility index (Phi) is 2.28. The number of nitrogens with two attached hydrogens (primary N) is 1. The molecule has 0 unspecified atom stereocenters. The summed E-state index contributed by atoms with van der Waals surface area (Å²) in [4.78, 5) is 16.5. The molecule has 3 aromatic rings. The fourth-order valence-electron chi connectivity index (χ4n) is 2.20. The van der Waals surface area contributed by atoms with E-state index in [4.69, 9.17) is 10.5 Å². The number of tetrazole rings is 1. The van der Waals surface area contributed by atoms with Gasteiger partial charge in [0.05, 0.1) is 5.69 Å². The smallest absolute Gasteiger partial charge is 0.303 e. The first-order chi connectivity index (χ1) is 10.2. The second kappa shape index (κ2) is 4.13. The largest absolute Gasteiger partial charge is 0.483 e. The van der Waals surface area contributed by atoms with Crippen LogP contribution in [0.1, 0.15) is 16.3 Å². The van der Waals surface area contributed by atoms with Crippen LogP contribution in [0.15, 0.2) is 30.5 Å². The summed E-state index contributed by atoms with van der Waals surface area (Å²) in [5.41, 5.74) is 6.55. The van der Waals surface area contributed by atoms with Crippen LogP contribution in [0.4, 0.5) is 5.95 Å². The van der Waals surface area contributed by atoms with Crippen LogP contribution in [0.25, 0.3) is 5.69 Å². The van der Waals surface area contributed by atoms with Crippen molar-refractivity contribution in [3.63, 3.8) is 0 Å². The van der Waals surface area contributed by atoms with Gasteiger partial charge in [-0.25, -0.2) is 4.98 Å². The number of carbonyl (C=O) groups excluding carboxylic acids is 1. The topological polar surface area (TPSA) is 114 Å². The molecule has 0 atom stereocenters. The van der Waals surface area contributed by atoms with Crippen LogP contribution in [0.3, 0.4) is 0 Å². The van der Waals surface area contributed by atoms with E-state index in [1.54, 1.807) is 6.20 Å². The number of imidazole rings is 1. The molecule has 9 nitrogen and oxygen atoms in total. The number of fused-ring (bicyclic) bond motifs is 3. The van der Waals surface area contributed by atoms with Crippen molar-refractivity contribution in [2.75, 3.05) is 5.73 Å². The minimum absolute atomic E-state index is 0.0809. The number of ether oxygens (including phenoxy) is 1. The Morgan fingerprint density at radius 2 is 2.19 bits per heavy atom. The van der Waals surface area contributed by atoms with Gasteiger partial charge in [-0.05, 0) is 22.6 Å². The van der Waals surface area contributed by atoms with Gasteiger partial charge in [0.25, 0.3) is 0 Å². The minimum Gasteiger partial charge on any atom is -0.483 e. The van der Waals surface area contributed by atoms with Gasteiger partial charge in [-0.15, -0.1) is 4.68 Å². The molecular formula is C12H9N7O2. The van der Waals surface area contributed by atoms with Crippen LogP contribution in [-0.2, 0) is 6.61 Å². The lowest BCUT2D eigenvalue weighted by Gasteiger charge is -2.18. The first-order valence-electron chi connectivity index (χ1n) is 6.13. The number of anilines is 1. The molecule has 21 heavy (non-hydrogen) atoms. The van der Waals surface area contributed by atoms with Crippen molar-refractivity contribution < 1.29 is 9.53 Å². The summed E-state index contributed by atoms with van der Waals surface area (Å²) in [7, 11) is 0. The number of para-hydroxylation sites is 2. The normalized spacial score (nSPS) is 12.4. The molecule has 0 spiro atoms. The SMILES string of the molecule is Nc1nnnn1C(=O)c1cn2c(n1)COc1ccccc1-2. The fourth-order valence-corrected chi connectivity index (χ4v) is 2.20. The van der Waals surface area contributed by atoms with E-state index in [9.17, 15) is 4.79 Å². The number of nitrogens with zero attached hydrogens (tertiary/aromatic N) is 6. The van der Waals surface area contributed by atoms with Gasteiger partial charge in [-0.3, -0.25) is 9.36 Å². The van der Waals surface area contributed by atoms with Crippen LogP contribution in [0.5, 0.6) is 5.75 Å². The van der Waals surface area contributed by atoms with Crippen molar-refractivity contribution in [2.24, 2.45) is 0 Å². The summed E-state index contributed by atoms with van der Waals surface area (Å²) in [5.74, 6) is 0.798. The molecule has 1 aliphatic rings. The number of nitrogen functional groups attached to an aromatic ring is 1. The summed E-state index contributed by atoms with van der Waals surface area (Å²) in [6, 6.07) is 7.52. The van der Waals surface area contributed by atoms with Crippen LogP contribution in [0, 0.1) is 0 Å². The van der Waals surface area contributed by atoms with Crippen molar-refractivity contribution in [2.45, 2.75) is 6.61 Å². The summed E-state index contributed by atoms with van der Waals surface area (Å²) in [6.45, 7) is 0.287. The zero-order valence-corrected chi connectivity index (χ0v) is 10.7. The van der Waals surface area contributed by atoms with E-state index < -0.39 is 5.91 Å². The van der Waals surface area contributed by atoms with E-state index in [1.165, 1.54) is 0 Å². The maximum Gasteiger partial charge on any atom is 0.303 e. The van der Waals surface area contributed by atoms with Gasteiger partial charge >= 0.3 is 5.91 Å². The number of aromatic nitrogens is 6. The first kappa shape index (κ1) is 11.6. The second-order valence-electron chi connectivity index (χ2n) is 4.42. The predicted molar refractivity (Wildman–Crippen MR) is 69.9 cm³/mol. The van der Waals surface area contributed by atoms with Gasteiger partial charge in [-0.2, -0.15) is 0 Å². The summed E-state index contributed by atoms with van der Waals surface area (Å²) < 4.78 is 8.31. The van der Waals surface area contributed by atoms with E-state index in [0.29, 0.717) is 5.82 Å². The molecule has 1 aromatic carbocycles. The molecule has 0 aliphatic carbocycles. The van der Waals surface area contributed by atoms with Crippen molar-refractivity contribution in [3.8, 4) is 11.4 Å². The summed E-state index contributed by atoms with van der Waals surface area (Å²) >= 11 is 0. The molecule has 2 N–H and O–H groups in total. The van der Waals surface area contributed by atoms with Gasteiger partial charge in [0.2, 0.25) is 5.95 Å². The van der Waals surface area contributed by atoms with Crippen LogP contribution in [-0.4, -0.2) is 35.7 Å². The number of hydrogen-bond acceptors (Lipinski definition) is 7. The monoisotopic (exact) mass is 283 g/mol. The van der Waals surface area contributed by atoms with Gasteiger partial charge < -0.3 is 10.5 Å². The Morgan fingerprint density at radius 1 is 1.33 bits per heavy atom. The summed E-state index contributed by atoms with van der Waals surface area (Å²) in [6.07, 6.45) is 1.63.